The number of ether oxygens (including phenoxy) is 1. The molecule has 0 spiro atoms. The Bertz CT molecular complexity index is 952. The molecule has 268 valence electrons. The second-order valence-corrected chi connectivity index (χ2v) is 13.7. The molecule has 1 rings (SSSR count). The zero-order valence-electron chi connectivity index (χ0n) is 30.4. The minimum atomic E-state index is -1.21. The Kier molecular flexibility index (Phi) is 28.0. The van der Waals surface area contributed by atoms with Gasteiger partial charge >= 0.3 is 17.9 Å². The van der Waals surface area contributed by atoms with Crippen LogP contribution in [-0.4, -0.2) is 23.0 Å². The van der Waals surface area contributed by atoms with E-state index in [4.69, 9.17) is 4.74 Å². The lowest BCUT2D eigenvalue weighted by Crippen LogP contribution is -2.23. The summed E-state index contributed by atoms with van der Waals surface area (Å²) < 4.78 is 5.28. The van der Waals surface area contributed by atoms with E-state index in [-0.39, 0.29) is 17.0 Å². The fourth-order valence-electron chi connectivity index (χ4n) is 6.33. The molecule has 0 aliphatic heterocycles. The highest BCUT2D eigenvalue weighted by molar-refractivity contribution is 6.05. The van der Waals surface area contributed by atoms with Crippen molar-refractivity contribution in [3.8, 4) is 0 Å². The molecule has 0 radical (unpaired) electrons. The van der Waals surface area contributed by atoms with Crippen molar-refractivity contribution in [3.05, 3.63) is 47.5 Å². The third kappa shape index (κ3) is 23.5. The van der Waals surface area contributed by atoms with Gasteiger partial charge in [-0.2, -0.15) is 0 Å². The summed E-state index contributed by atoms with van der Waals surface area (Å²) in [7, 11) is 0. The monoisotopic (exact) mass is 655 g/mol. The van der Waals surface area contributed by atoms with Crippen molar-refractivity contribution in [3.63, 3.8) is 0 Å². The van der Waals surface area contributed by atoms with E-state index >= 15 is 0 Å². The molecule has 0 aliphatic rings. The molecule has 0 amide bonds. The third-order valence-electron chi connectivity index (χ3n) is 9.37. The molecular formula is C42H70O5. The topological polar surface area (TPSA) is 80.7 Å². The maximum atomic E-state index is 13.1. The van der Waals surface area contributed by atoms with Crippen LogP contribution in [0.15, 0.2) is 36.4 Å². The molecule has 47 heavy (non-hydrogen) atoms. The average molecular weight is 655 g/mol. The predicted octanol–water partition coefficient (Wildman–Crippen LogP) is 13.2. The average Bonchev–Trinajstić information content (AvgIpc) is 3.07. The molecule has 1 N–H and O–H groups in total. The quantitative estimate of drug-likeness (QED) is 0.0362. The Morgan fingerprint density at radius 1 is 0.553 bits per heavy atom. The summed E-state index contributed by atoms with van der Waals surface area (Å²) in [5.74, 6) is -2.92. The van der Waals surface area contributed by atoms with Crippen LogP contribution in [-0.2, 0) is 9.53 Å². The van der Waals surface area contributed by atoms with Crippen molar-refractivity contribution < 1.29 is 24.2 Å². The van der Waals surface area contributed by atoms with Crippen LogP contribution in [0.2, 0.25) is 0 Å². The van der Waals surface area contributed by atoms with Crippen LogP contribution in [0.5, 0.6) is 0 Å². The standard InChI is InChI=1S/C42H70O5/c1-3-5-7-9-11-13-15-17-19-21-23-25-27-29-33-37(41(45)47-42(46)39-36-32-31-35-38(39)40(43)44)34-30-28-26-24-22-20-18-16-14-12-10-8-6-4-2/h17,19,31-32,35-37H,3-16,18,20-30,33-34H2,1-2H3,(H,43,44). The van der Waals surface area contributed by atoms with Crippen LogP contribution < -0.4 is 0 Å². The second-order valence-electron chi connectivity index (χ2n) is 13.7. The first-order chi connectivity index (χ1) is 23.0. The van der Waals surface area contributed by atoms with Crippen molar-refractivity contribution >= 4 is 17.9 Å². The van der Waals surface area contributed by atoms with Gasteiger partial charge in [0.05, 0.1) is 17.0 Å². The highest BCUT2D eigenvalue weighted by atomic mass is 16.6. The van der Waals surface area contributed by atoms with Gasteiger partial charge in [-0.05, 0) is 50.7 Å². The number of carbonyl (C=O) groups is 3. The summed E-state index contributed by atoms with van der Waals surface area (Å²) in [4.78, 5) is 37.5. The van der Waals surface area contributed by atoms with Crippen molar-refractivity contribution in [2.45, 2.75) is 194 Å². The number of allylic oxidation sites excluding steroid dienone is 2. The number of unbranched alkanes of at least 4 members (excludes halogenated alkanes) is 23. The third-order valence-corrected chi connectivity index (χ3v) is 9.37. The van der Waals surface area contributed by atoms with Gasteiger partial charge in [0.2, 0.25) is 0 Å². The van der Waals surface area contributed by atoms with Gasteiger partial charge in [-0.3, -0.25) is 4.79 Å². The highest BCUT2D eigenvalue weighted by Gasteiger charge is 2.25. The summed E-state index contributed by atoms with van der Waals surface area (Å²) in [6.45, 7) is 4.52. The van der Waals surface area contributed by atoms with E-state index in [1.807, 2.05) is 0 Å². The Morgan fingerprint density at radius 2 is 0.915 bits per heavy atom. The van der Waals surface area contributed by atoms with Gasteiger partial charge < -0.3 is 9.84 Å². The summed E-state index contributed by atoms with van der Waals surface area (Å²) >= 11 is 0. The number of aromatic carboxylic acids is 1. The van der Waals surface area contributed by atoms with Gasteiger partial charge in [-0.15, -0.1) is 0 Å². The number of carboxylic acids is 1. The Morgan fingerprint density at radius 3 is 1.32 bits per heavy atom. The zero-order chi connectivity index (χ0) is 34.2. The Hall–Kier alpha value is -2.43. The minimum Gasteiger partial charge on any atom is -0.478 e. The molecule has 0 heterocycles. The summed E-state index contributed by atoms with van der Waals surface area (Å²) in [5, 5.41) is 9.45. The van der Waals surface area contributed by atoms with Crippen molar-refractivity contribution in [2.75, 3.05) is 0 Å². The van der Waals surface area contributed by atoms with E-state index in [2.05, 4.69) is 26.0 Å². The van der Waals surface area contributed by atoms with Crippen LogP contribution in [0.3, 0.4) is 0 Å². The fraction of sp³-hybridized carbons (Fsp3) is 0.738. The highest BCUT2D eigenvalue weighted by Crippen LogP contribution is 2.22. The lowest BCUT2D eigenvalue weighted by molar-refractivity contribution is -0.143. The zero-order valence-corrected chi connectivity index (χ0v) is 30.4. The number of rotatable bonds is 32. The molecule has 0 saturated heterocycles. The first-order valence-corrected chi connectivity index (χ1v) is 19.7. The van der Waals surface area contributed by atoms with Crippen LogP contribution >= 0.6 is 0 Å². The van der Waals surface area contributed by atoms with Gasteiger partial charge in [0, 0.05) is 0 Å². The van der Waals surface area contributed by atoms with Crippen LogP contribution in [0.4, 0.5) is 0 Å². The van der Waals surface area contributed by atoms with Crippen molar-refractivity contribution in [2.24, 2.45) is 5.92 Å². The molecule has 0 saturated carbocycles. The number of carboxylic acid groups (broad SMARTS) is 1. The van der Waals surface area contributed by atoms with Crippen LogP contribution in [0.25, 0.3) is 0 Å². The van der Waals surface area contributed by atoms with Gasteiger partial charge in [0.1, 0.15) is 0 Å². The maximum Gasteiger partial charge on any atom is 0.346 e. The normalized spacial score (nSPS) is 12.0. The Labute approximate surface area is 288 Å². The molecule has 0 aromatic heterocycles. The molecular weight excluding hydrogens is 584 g/mol. The van der Waals surface area contributed by atoms with E-state index in [9.17, 15) is 19.5 Å². The predicted molar refractivity (Wildman–Crippen MR) is 197 cm³/mol. The molecule has 5 nitrogen and oxygen atoms in total. The summed E-state index contributed by atoms with van der Waals surface area (Å²) in [5.41, 5.74) is -0.219. The van der Waals surface area contributed by atoms with E-state index in [0.29, 0.717) is 12.8 Å². The van der Waals surface area contributed by atoms with E-state index in [1.165, 1.54) is 134 Å². The number of hydrogen-bond acceptors (Lipinski definition) is 4. The van der Waals surface area contributed by atoms with E-state index < -0.39 is 17.9 Å². The van der Waals surface area contributed by atoms with Crippen LogP contribution in [0, 0.1) is 5.92 Å². The van der Waals surface area contributed by atoms with Gasteiger partial charge in [0.25, 0.3) is 0 Å². The molecule has 0 aliphatic carbocycles. The molecule has 1 atom stereocenters. The number of benzene rings is 1. The smallest absolute Gasteiger partial charge is 0.346 e. The minimum absolute atomic E-state index is 0.0758. The Balaban J connectivity index is 2.38. The molecule has 5 heteroatoms. The van der Waals surface area contributed by atoms with Gasteiger partial charge in [0.15, 0.2) is 0 Å². The number of carbonyl (C=O) groups excluding carboxylic acids is 2. The molecule has 1 aromatic carbocycles. The van der Waals surface area contributed by atoms with Gasteiger partial charge in [-0.25, -0.2) is 9.59 Å². The number of hydrogen-bond donors (Lipinski definition) is 1. The van der Waals surface area contributed by atoms with E-state index in [0.717, 1.165) is 44.9 Å². The first kappa shape index (κ1) is 42.6. The van der Waals surface area contributed by atoms with Crippen molar-refractivity contribution in [1.82, 2.24) is 0 Å². The largest absolute Gasteiger partial charge is 0.478 e. The van der Waals surface area contributed by atoms with Crippen LogP contribution in [0.1, 0.15) is 214 Å². The van der Waals surface area contributed by atoms with Gasteiger partial charge in [-0.1, -0.05) is 179 Å². The lowest BCUT2D eigenvalue weighted by Gasteiger charge is -2.16. The summed E-state index contributed by atoms with van der Waals surface area (Å²) in [6.07, 6.45) is 38.7. The SMILES string of the molecule is CCCCCCCCC=CCCCCCCC(CCCCCCCCCCCCCCCC)C(=O)OC(=O)c1ccccc1C(=O)O. The first-order valence-electron chi connectivity index (χ1n) is 19.7. The summed E-state index contributed by atoms with van der Waals surface area (Å²) in [6, 6.07) is 5.92. The second kappa shape index (κ2) is 30.9. The lowest BCUT2D eigenvalue weighted by atomic mass is 9.94. The molecule has 1 aromatic rings. The number of esters is 2. The molecule has 0 fully saturated rings. The molecule has 1 unspecified atom stereocenters. The van der Waals surface area contributed by atoms with Crippen molar-refractivity contribution in [1.29, 1.82) is 0 Å². The maximum absolute atomic E-state index is 13.1. The fourth-order valence-corrected chi connectivity index (χ4v) is 6.33. The van der Waals surface area contributed by atoms with E-state index in [1.54, 1.807) is 12.1 Å². The molecule has 0 bridgehead atoms.